The van der Waals surface area contributed by atoms with Crippen molar-refractivity contribution >= 4 is 17.9 Å². The van der Waals surface area contributed by atoms with Crippen LogP contribution in [0, 0.1) is 5.92 Å². The van der Waals surface area contributed by atoms with Gasteiger partial charge in [-0.3, -0.25) is 9.59 Å². The van der Waals surface area contributed by atoms with Crippen LogP contribution in [0.4, 0.5) is 0 Å². The van der Waals surface area contributed by atoms with E-state index < -0.39 is 6.04 Å². The van der Waals surface area contributed by atoms with E-state index in [1.165, 1.54) is 6.92 Å². The van der Waals surface area contributed by atoms with E-state index in [9.17, 15) is 9.59 Å². The second kappa shape index (κ2) is 10.3. The highest BCUT2D eigenvalue weighted by molar-refractivity contribution is 5.87. The van der Waals surface area contributed by atoms with Crippen LogP contribution in [0.3, 0.4) is 0 Å². The second-order valence-corrected chi connectivity index (χ2v) is 6.98. The predicted octanol–water partition coefficient (Wildman–Crippen LogP) is 2.65. The zero-order chi connectivity index (χ0) is 19.6. The molecule has 1 atom stereocenters. The van der Waals surface area contributed by atoms with Crippen LogP contribution >= 0.6 is 0 Å². The van der Waals surface area contributed by atoms with Gasteiger partial charge in [0, 0.05) is 38.3 Å². The number of nitrogens with zero attached hydrogens (tertiary/aromatic N) is 2. The molecule has 1 aromatic carbocycles. The minimum absolute atomic E-state index is 0.0915. The van der Waals surface area contributed by atoms with Gasteiger partial charge in [-0.2, -0.15) is 0 Å². The number of aromatic amines is 1. The lowest BCUT2D eigenvalue weighted by Gasteiger charge is -2.28. The summed E-state index contributed by atoms with van der Waals surface area (Å²) in [6.07, 6.45) is 7.61. The van der Waals surface area contributed by atoms with Crippen molar-refractivity contribution in [3.05, 3.63) is 60.2 Å². The number of nitrogens with one attached hydrogen (secondary N) is 2. The lowest BCUT2D eigenvalue weighted by Crippen LogP contribution is -2.50. The third-order valence-electron chi connectivity index (χ3n) is 3.99. The Kier molecular flexibility index (Phi) is 7.79. The van der Waals surface area contributed by atoms with E-state index in [0.717, 1.165) is 11.3 Å². The van der Waals surface area contributed by atoms with Crippen LogP contribution in [-0.2, 0) is 16.0 Å². The van der Waals surface area contributed by atoms with Crippen molar-refractivity contribution in [2.75, 3.05) is 13.1 Å². The molecule has 0 aliphatic rings. The van der Waals surface area contributed by atoms with Crippen LogP contribution in [0.1, 0.15) is 32.0 Å². The van der Waals surface area contributed by atoms with Gasteiger partial charge in [-0.15, -0.1) is 0 Å². The molecule has 6 heteroatoms. The summed E-state index contributed by atoms with van der Waals surface area (Å²) in [7, 11) is 0. The van der Waals surface area contributed by atoms with Crippen LogP contribution in [0.2, 0.25) is 0 Å². The van der Waals surface area contributed by atoms with Crippen molar-refractivity contribution in [3.8, 4) is 0 Å². The summed E-state index contributed by atoms with van der Waals surface area (Å²) in [4.78, 5) is 33.5. The molecular formula is C21H28N4O2. The molecule has 1 heterocycles. The quantitative estimate of drug-likeness (QED) is 0.714. The normalized spacial score (nSPS) is 12.3. The zero-order valence-corrected chi connectivity index (χ0v) is 16.2. The average Bonchev–Trinajstić information content (AvgIpc) is 3.13. The fraction of sp³-hybridized carbons (Fsp3) is 0.381. The molecule has 144 valence electrons. The van der Waals surface area contributed by atoms with Crippen molar-refractivity contribution in [3.63, 3.8) is 0 Å². The molecule has 2 amide bonds. The van der Waals surface area contributed by atoms with Gasteiger partial charge >= 0.3 is 0 Å². The maximum absolute atomic E-state index is 13.1. The SMILES string of the molecule is CC(=O)N[C@@H](Cc1cnc[nH]1)C(=O)N(C/C=C/c1ccccc1)CC(C)C. The van der Waals surface area contributed by atoms with Gasteiger partial charge in [0.05, 0.1) is 6.33 Å². The molecule has 0 saturated heterocycles. The number of rotatable bonds is 9. The van der Waals surface area contributed by atoms with Crippen LogP contribution in [-0.4, -0.2) is 45.8 Å². The summed E-state index contributed by atoms with van der Waals surface area (Å²) in [5, 5.41) is 2.78. The molecule has 0 aliphatic carbocycles. The number of carbonyl (C=O) groups excluding carboxylic acids is 2. The highest BCUT2D eigenvalue weighted by Crippen LogP contribution is 2.08. The smallest absolute Gasteiger partial charge is 0.245 e. The molecule has 0 fully saturated rings. The van der Waals surface area contributed by atoms with Gasteiger partial charge in [-0.05, 0) is 11.5 Å². The molecule has 0 radical (unpaired) electrons. The van der Waals surface area contributed by atoms with E-state index in [-0.39, 0.29) is 11.8 Å². The first kappa shape index (κ1) is 20.4. The molecule has 27 heavy (non-hydrogen) atoms. The zero-order valence-electron chi connectivity index (χ0n) is 16.2. The van der Waals surface area contributed by atoms with E-state index in [1.54, 1.807) is 17.4 Å². The van der Waals surface area contributed by atoms with E-state index in [4.69, 9.17) is 0 Å². The molecule has 0 saturated carbocycles. The Bertz CT molecular complexity index is 739. The summed E-state index contributed by atoms with van der Waals surface area (Å²) in [5.41, 5.74) is 1.90. The van der Waals surface area contributed by atoms with Crippen LogP contribution < -0.4 is 5.32 Å². The summed E-state index contributed by atoms with van der Waals surface area (Å²) in [6.45, 7) is 6.68. The third-order valence-corrected chi connectivity index (χ3v) is 3.99. The molecule has 0 spiro atoms. The summed E-state index contributed by atoms with van der Waals surface area (Å²) >= 11 is 0. The average molecular weight is 368 g/mol. The van der Waals surface area contributed by atoms with Crippen molar-refractivity contribution in [2.24, 2.45) is 5.92 Å². The Balaban J connectivity index is 2.11. The van der Waals surface area contributed by atoms with E-state index in [1.807, 2.05) is 42.5 Å². The van der Waals surface area contributed by atoms with Crippen molar-refractivity contribution in [2.45, 2.75) is 33.2 Å². The third kappa shape index (κ3) is 7.09. The van der Waals surface area contributed by atoms with Gasteiger partial charge in [0.2, 0.25) is 11.8 Å². The Hall–Kier alpha value is -2.89. The highest BCUT2D eigenvalue weighted by atomic mass is 16.2. The molecule has 2 rings (SSSR count). The number of amides is 2. The maximum Gasteiger partial charge on any atom is 0.245 e. The number of imidazole rings is 1. The summed E-state index contributed by atoms with van der Waals surface area (Å²) in [6, 6.07) is 9.35. The molecule has 0 bridgehead atoms. The second-order valence-electron chi connectivity index (χ2n) is 6.98. The van der Waals surface area contributed by atoms with Crippen molar-refractivity contribution in [1.29, 1.82) is 0 Å². The minimum Gasteiger partial charge on any atom is -0.348 e. The predicted molar refractivity (Wildman–Crippen MR) is 107 cm³/mol. The van der Waals surface area contributed by atoms with Gasteiger partial charge in [0.25, 0.3) is 0 Å². The lowest BCUT2D eigenvalue weighted by atomic mass is 10.1. The standard InChI is InChI=1S/C21H28N4O2/c1-16(2)14-25(11-7-10-18-8-5-4-6-9-18)21(27)20(24-17(3)26)12-19-13-22-15-23-19/h4-10,13,15-16,20H,11-12,14H2,1-3H3,(H,22,23)(H,24,26)/b10-7+/t20-/m0/s1. The minimum atomic E-state index is -0.619. The number of benzene rings is 1. The number of H-pyrrole nitrogens is 1. The van der Waals surface area contributed by atoms with E-state index in [0.29, 0.717) is 25.4 Å². The Labute approximate surface area is 160 Å². The van der Waals surface area contributed by atoms with Crippen molar-refractivity contribution in [1.82, 2.24) is 20.2 Å². The first-order valence-electron chi connectivity index (χ1n) is 9.20. The molecular weight excluding hydrogens is 340 g/mol. The Morgan fingerprint density at radius 1 is 1.26 bits per heavy atom. The number of hydrogen-bond donors (Lipinski definition) is 2. The van der Waals surface area contributed by atoms with Crippen LogP contribution in [0.25, 0.3) is 6.08 Å². The number of aromatic nitrogens is 2. The van der Waals surface area contributed by atoms with Crippen molar-refractivity contribution < 1.29 is 9.59 Å². The molecule has 0 unspecified atom stereocenters. The summed E-state index contributed by atoms with van der Waals surface area (Å²) in [5.74, 6) is 0.00705. The Morgan fingerprint density at radius 3 is 2.59 bits per heavy atom. The number of hydrogen-bond acceptors (Lipinski definition) is 3. The number of carbonyl (C=O) groups is 2. The van der Waals surface area contributed by atoms with E-state index in [2.05, 4.69) is 29.1 Å². The molecule has 1 aromatic heterocycles. The van der Waals surface area contributed by atoms with Crippen LogP contribution in [0.15, 0.2) is 48.9 Å². The van der Waals surface area contributed by atoms with E-state index >= 15 is 0 Å². The topological polar surface area (TPSA) is 78.1 Å². The fourth-order valence-corrected chi connectivity index (χ4v) is 2.86. The molecule has 2 aromatic rings. The fourth-order valence-electron chi connectivity index (χ4n) is 2.86. The first-order valence-corrected chi connectivity index (χ1v) is 9.20. The van der Waals surface area contributed by atoms with Gasteiger partial charge < -0.3 is 15.2 Å². The van der Waals surface area contributed by atoms with Crippen LogP contribution in [0.5, 0.6) is 0 Å². The largest absolute Gasteiger partial charge is 0.348 e. The molecule has 2 N–H and O–H groups in total. The lowest BCUT2D eigenvalue weighted by molar-refractivity contribution is -0.136. The molecule has 0 aliphatic heterocycles. The summed E-state index contributed by atoms with van der Waals surface area (Å²) < 4.78 is 0. The maximum atomic E-state index is 13.1. The first-order chi connectivity index (χ1) is 13.0. The van der Waals surface area contributed by atoms with Gasteiger partial charge in [-0.25, -0.2) is 4.98 Å². The van der Waals surface area contributed by atoms with Gasteiger partial charge in [-0.1, -0.05) is 56.3 Å². The highest BCUT2D eigenvalue weighted by Gasteiger charge is 2.25. The van der Waals surface area contributed by atoms with Gasteiger partial charge in [0.15, 0.2) is 0 Å². The Morgan fingerprint density at radius 2 is 2.00 bits per heavy atom. The van der Waals surface area contributed by atoms with Gasteiger partial charge in [0.1, 0.15) is 6.04 Å². The monoisotopic (exact) mass is 368 g/mol. The molecule has 6 nitrogen and oxygen atoms in total.